The normalized spacial score (nSPS) is 11.6. The van der Waals surface area contributed by atoms with Crippen molar-refractivity contribution >= 4 is 42.4 Å². The van der Waals surface area contributed by atoms with E-state index >= 15 is 0 Å². The quantitative estimate of drug-likeness (QED) is 0.311. The minimum atomic E-state index is -3.61. The molecule has 0 spiro atoms. The summed E-state index contributed by atoms with van der Waals surface area (Å²) in [7, 11) is -3.61. The van der Waals surface area contributed by atoms with E-state index in [1.54, 1.807) is 17.3 Å². The lowest BCUT2D eigenvalue weighted by Gasteiger charge is -2.20. The van der Waals surface area contributed by atoms with Crippen molar-refractivity contribution in [2.45, 2.75) is 38.1 Å². The van der Waals surface area contributed by atoms with Gasteiger partial charge in [-0.2, -0.15) is 0 Å². The minimum absolute atomic E-state index is 0.0411. The van der Waals surface area contributed by atoms with Gasteiger partial charge in [0.2, 0.25) is 5.91 Å². The van der Waals surface area contributed by atoms with E-state index in [1.807, 2.05) is 32.0 Å². The smallest absolute Gasteiger partial charge is 0.229 e. The van der Waals surface area contributed by atoms with Crippen molar-refractivity contribution in [1.29, 1.82) is 0 Å². The minimum Gasteiger partial charge on any atom is -0.284 e. The number of sulfone groups is 1. The van der Waals surface area contributed by atoms with Crippen molar-refractivity contribution in [1.82, 2.24) is 9.97 Å². The largest absolute Gasteiger partial charge is 0.284 e. The molecule has 176 valence electrons. The Morgan fingerprint density at radius 2 is 1.76 bits per heavy atom. The van der Waals surface area contributed by atoms with Gasteiger partial charge in [-0.3, -0.25) is 14.7 Å². The third kappa shape index (κ3) is 5.48. The molecule has 6 nitrogen and oxygen atoms in total. The fourth-order valence-corrected chi connectivity index (χ4v) is 6.06. The zero-order chi connectivity index (χ0) is 24.3. The van der Waals surface area contributed by atoms with E-state index in [4.69, 9.17) is 4.98 Å². The number of amides is 1. The van der Waals surface area contributed by atoms with Crippen molar-refractivity contribution < 1.29 is 17.6 Å². The number of halogens is 1. The van der Waals surface area contributed by atoms with Crippen LogP contribution in [0.1, 0.15) is 29.5 Å². The molecule has 34 heavy (non-hydrogen) atoms. The van der Waals surface area contributed by atoms with Gasteiger partial charge in [-0.1, -0.05) is 17.4 Å². The molecule has 0 bridgehead atoms. The number of anilines is 1. The van der Waals surface area contributed by atoms with Gasteiger partial charge >= 0.3 is 0 Å². The summed E-state index contributed by atoms with van der Waals surface area (Å²) in [5.74, 6) is -0.910. The molecule has 0 N–H and O–H groups in total. The standard InChI is InChI=1S/C25H24FN3O3S2/c1-17-14-18(2)24-22(15-17)28-25(33-24)29(16-19-9-11-27-12-10-19)23(30)4-3-13-34(31,32)21-7-5-20(26)6-8-21/h5-12,14-15H,3-4,13,16H2,1-2H3. The van der Waals surface area contributed by atoms with Crippen LogP contribution in [0, 0.1) is 19.7 Å². The lowest BCUT2D eigenvalue weighted by molar-refractivity contribution is -0.118. The zero-order valence-electron chi connectivity index (χ0n) is 18.9. The Kier molecular flexibility index (Phi) is 7.04. The van der Waals surface area contributed by atoms with Crippen molar-refractivity contribution in [3.63, 3.8) is 0 Å². The zero-order valence-corrected chi connectivity index (χ0v) is 20.5. The number of thiazole rings is 1. The number of rotatable bonds is 8. The molecule has 4 aromatic rings. The molecular formula is C25H24FN3O3S2. The number of nitrogens with zero attached hydrogens (tertiary/aromatic N) is 3. The van der Waals surface area contributed by atoms with Gasteiger partial charge in [0.1, 0.15) is 5.82 Å². The van der Waals surface area contributed by atoms with Crippen LogP contribution in [0.15, 0.2) is 65.8 Å². The lowest BCUT2D eigenvalue weighted by atomic mass is 10.1. The van der Waals surface area contributed by atoms with Gasteiger partial charge in [0.15, 0.2) is 15.0 Å². The first kappa shape index (κ1) is 24.0. The summed E-state index contributed by atoms with van der Waals surface area (Å²) in [5.41, 5.74) is 3.93. The van der Waals surface area contributed by atoms with Gasteiger partial charge in [0.05, 0.1) is 27.4 Å². The number of pyridine rings is 1. The van der Waals surface area contributed by atoms with E-state index < -0.39 is 15.7 Å². The molecule has 0 aliphatic heterocycles. The van der Waals surface area contributed by atoms with Crippen LogP contribution in [0.4, 0.5) is 9.52 Å². The number of carbonyl (C=O) groups is 1. The van der Waals surface area contributed by atoms with E-state index in [0.29, 0.717) is 11.7 Å². The number of hydrogen-bond acceptors (Lipinski definition) is 6. The van der Waals surface area contributed by atoms with E-state index in [0.717, 1.165) is 39.0 Å². The third-order valence-electron chi connectivity index (χ3n) is 5.41. The Balaban J connectivity index is 1.55. The SMILES string of the molecule is Cc1cc(C)c2sc(N(Cc3ccncc3)C(=O)CCCS(=O)(=O)c3ccc(F)cc3)nc2c1. The molecule has 0 aliphatic rings. The van der Waals surface area contributed by atoms with Crippen LogP contribution in [-0.2, 0) is 21.2 Å². The maximum Gasteiger partial charge on any atom is 0.229 e. The van der Waals surface area contributed by atoms with Crippen LogP contribution in [0.2, 0.25) is 0 Å². The van der Waals surface area contributed by atoms with Crippen LogP contribution in [0.3, 0.4) is 0 Å². The molecule has 0 aliphatic carbocycles. The Morgan fingerprint density at radius 3 is 2.47 bits per heavy atom. The van der Waals surface area contributed by atoms with E-state index in [1.165, 1.54) is 23.5 Å². The van der Waals surface area contributed by atoms with Crippen LogP contribution in [0.25, 0.3) is 10.2 Å². The summed E-state index contributed by atoms with van der Waals surface area (Å²) in [6.07, 6.45) is 3.52. The highest BCUT2D eigenvalue weighted by molar-refractivity contribution is 7.91. The van der Waals surface area contributed by atoms with Crippen LogP contribution in [0.5, 0.6) is 0 Å². The van der Waals surface area contributed by atoms with E-state index in [-0.39, 0.29) is 29.4 Å². The maximum atomic E-state index is 13.3. The second-order valence-electron chi connectivity index (χ2n) is 8.14. The molecule has 0 atom stereocenters. The van der Waals surface area contributed by atoms with Gasteiger partial charge in [-0.25, -0.2) is 17.8 Å². The van der Waals surface area contributed by atoms with Crippen LogP contribution in [-0.4, -0.2) is 30.0 Å². The highest BCUT2D eigenvalue weighted by atomic mass is 32.2. The molecule has 0 radical (unpaired) electrons. The molecule has 2 aromatic carbocycles. The predicted molar refractivity (Wildman–Crippen MR) is 132 cm³/mol. The maximum absolute atomic E-state index is 13.3. The average Bonchev–Trinajstić information content (AvgIpc) is 3.22. The molecule has 0 saturated heterocycles. The molecule has 2 aromatic heterocycles. The Labute approximate surface area is 202 Å². The van der Waals surface area contributed by atoms with E-state index in [9.17, 15) is 17.6 Å². The van der Waals surface area contributed by atoms with Gasteiger partial charge in [0, 0.05) is 18.8 Å². The third-order valence-corrected chi connectivity index (χ3v) is 8.45. The number of carbonyl (C=O) groups excluding carboxylic acids is 1. The molecular weight excluding hydrogens is 473 g/mol. The fraction of sp³-hybridized carbons (Fsp3) is 0.240. The highest BCUT2D eigenvalue weighted by Crippen LogP contribution is 2.33. The first-order valence-corrected chi connectivity index (χ1v) is 13.3. The van der Waals surface area contributed by atoms with Crippen molar-refractivity contribution in [3.05, 3.63) is 83.4 Å². The molecule has 0 saturated carbocycles. The molecule has 0 unspecified atom stereocenters. The highest BCUT2D eigenvalue weighted by Gasteiger charge is 2.22. The molecule has 0 fully saturated rings. The van der Waals surface area contributed by atoms with Crippen LogP contribution < -0.4 is 4.90 Å². The summed E-state index contributed by atoms with van der Waals surface area (Å²) in [4.78, 5) is 23.7. The van der Waals surface area contributed by atoms with Gasteiger partial charge in [0.25, 0.3) is 0 Å². The summed E-state index contributed by atoms with van der Waals surface area (Å²) in [6.45, 7) is 4.34. The monoisotopic (exact) mass is 497 g/mol. The number of hydrogen-bond donors (Lipinski definition) is 0. The van der Waals surface area contributed by atoms with Gasteiger partial charge in [-0.05, 0) is 79.4 Å². The second kappa shape index (κ2) is 9.99. The first-order chi connectivity index (χ1) is 16.2. The van der Waals surface area contributed by atoms with Crippen LogP contribution >= 0.6 is 11.3 Å². The molecule has 9 heteroatoms. The first-order valence-electron chi connectivity index (χ1n) is 10.8. The second-order valence-corrected chi connectivity index (χ2v) is 11.2. The topological polar surface area (TPSA) is 80.2 Å². The predicted octanol–water partition coefficient (Wildman–Crippen LogP) is 5.23. The van der Waals surface area contributed by atoms with Crippen molar-refractivity contribution in [3.8, 4) is 0 Å². The Hall–Kier alpha value is -3.17. The molecule has 2 heterocycles. The summed E-state index contributed by atoms with van der Waals surface area (Å²) in [6, 6.07) is 12.5. The Morgan fingerprint density at radius 1 is 1.06 bits per heavy atom. The molecule has 1 amide bonds. The van der Waals surface area contributed by atoms with Crippen molar-refractivity contribution in [2.75, 3.05) is 10.7 Å². The number of fused-ring (bicyclic) bond motifs is 1. The summed E-state index contributed by atoms with van der Waals surface area (Å²) in [5, 5.41) is 0.576. The lowest BCUT2D eigenvalue weighted by Crippen LogP contribution is -2.30. The Bertz CT molecular complexity index is 1420. The number of aryl methyl sites for hydroxylation is 2. The summed E-state index contributed by atoms with van der Waals surface area (Å²) >= 11 is 1.45. The van der Waals surface area contributed by atoms with Gasteiger partial charge in [-0.15, -0.1) is 0 Å². The molecule has 4 rings (SSSR count). The summed E-state index contributed by atoms with van der Waals surface area (Å²) < 4.78 is 39.3. The average molecular weight is 498 g/mol. The fourth-order valence-electron chi connectivity index (χ4n) is 3.72. The van der Waals surface area contributed by atoms with Gasteiger partial charge < -0.3 is 0 Å². The van der Waals surface area contributed by atoms with Crippen molar-refractivity contribution in [2.24, 2.45) is 0 Å². The van der Waals surface area contributed by atoms with E-state index in [2.05, 4.69) is 11.1 Å². The number of aromatic nitrogens is 2. The number of benzene rings is 2.